The molecule has 3 heterocycles. The Morgan fingerprint density at radius 1 is 1.20 bits per heavy atom. The van der Waals surface area contributed by atoms with Gasteiger partial charge in [-0.3, -0.25) is 13.9 Å². The third kappa shape index (κ3) is 1.08. The van der Waals surface area contributed by atoms with Crippen LogP contribution in [-0.2, 0) is 0 Å². The van der Waals surface area contributed by atoms with E-state index in [1.165, 1.54) is 6.07 Å². The van der Waals surface area contributed by atoms with E-state index in [-0.39, 0.29) is 5.69 Å². The smallest absolute Gasteiger partial charge is 0.318 e. The molecule has 0 saturated heterocycles. The van der Waals surface area contributed by atoms with Gasteiger partial charge in [0.05, 0.1) is 11.0 Å². The second-order valence-electron chi connectivity index (χ2n) is 3.06. The van der Waals surface area contributed by atoms with Gasteiger partial charge in [-0.25, -0.2) is 9.97 Å². The topological polar surface area (TPSA) is 95.2 Å². The van der Waals surface area contributed by atoms with Crippen molar-refractivity contribution < 1.29 is 13.9 Å². The zero-order chi connectivity index (χ0) is 10.4. The molecule has 1 amide bonds. The number of primary amides is 1. The lowest BCUT2D eigenvalue weighted by Crippen LogP contribution is -2.12. The van der Waals surface area contributed by atoms with Gasteiger partial charge >= 0.3 is 5.71 Å². The van der Waals surface area contributed by atoms with Crippen LogP contribution in [0.1, 0.15) is 10.5 Å². The molecule has 15 heavy (non-hydrogen) atoms. The van der Waals surface area contributed by atoms with Crippen LogP contribution in [-0.4, -0.2) is 15.9 Å². The third-order valence-corrected chi connectivity index (χ3v) is 2.07. The fraction of sp³-hybridized carbons (Fsp3) is 0. The highest BCUT2D eigenvalue weighted by Crippen LogP contribution is 2.20. The molecule has 3 aromatic heterocycles. The molecule has 0 aliphatic carbocycles. The minimum absolute atomic E-state index is 0.199. The van der Waals surface area contributed by atoms with Crippen molar-refractivity contribution in [2.24, 2.45) is 5.73 Å². The van der Waals surface area contributed by atoms with Gasteiger partial charge < -0.3 is 5.73 Å². The van der Waals surface area contributed by atoms with Crippen molar-refractivity contribution in [3.8, 4) is 0 Å². The summed E-state index contributed by atoms with van der Waals surface area (Å²) in [5.74, 6) is -0.572. The lowest BCUT2D eigenvalue weighted by Gasteiger charge is -2.01. The number of amides is 1. The van der Waals surface area contributed by atoms with E-state index in [0.717, 1.165) is 0 Å². The normalized spacial score (nSPS) is 11.2. The van der Waals surface area contributed by atoms with Gasteiger partial charge in [-0.15, -0.1) is 0 Å². The Labute approximate surface area is 82.6 Å². The Balaban J connectivity index is 2.34. The molecule has 3 rings (SSSR count). The number of aromatic nitrogens is 2. The molecule has 0 bridgehead atoms. The van der Waals surface area contributed by atoms with Crippen molar-refractivity contribution in [1.29, 1.82) is 0 Å². The van der Waals surface area contributed by atoms with Crippen LogP contribution >= 0.6 is 0 Å². The van der Waals surface area contributed by atoms with Gasteiger partial charge in [-0.2, -0.15) is 0 Å². The largest absolute Gasteiger partial charge is 0.364 e. The molecule has 74 valence electrons. The van der Waals surface area contributed by atoms with Gasteiger partial charge in [-0.1, -0.05) is 0 Å². The van der Waals surface area contributed by atoms with E-state index in [9.17, 15) is 4.79 Å². The van der Waals surface area contributed by atoms with E-state index in [4.69, 9.17) is 5.73 Å². The lowest BCUT2D eigenvalue weighted by atomic mass is 10.2. The summed E-state index contributed by atoms with van der Waals surface area (Å²) in [5, 5.41) is 0. The summed E-state index contributed by atoms with van der Waals surface area (Å²) < 4.78 is 9.30. The summed E-state index contributed by atoms with van der Waals surface area (Å²) in [5.41, 5.74) is 7.42. The molecule has 0 saturated carbocycles. The average Bonchev–Trinajstić information content (AvgIpc) is 2.20. The van der Waals surface area contributed by atoms with Crippen LogP contribution < -0.4 is 5.73 Å². The van der Waals surface area contributed by atoms with Crippen molar-refractivity contribution in [3.63, 3.8) is 0 Å². The third-order valence-electron chi connectivity index (χ3n) is 2.07. The van der Waals surface area contributed by atoms with Crippen molar-refractivity contribution in [3.05, 3.63) is 23.9 Å². The van der Waals surface area contributed by atoms with Gasteiger partial charge in [0.2, 0.25) is 5.58 Å². The van der Waals surface area contributed by atoms with Crippen molar-refractivity contribution >= 4 is 28.2 Å². The van der Waals surface area contributed by atoms with E-state index >= 15 is 0 Å². The molecular formula is C9H5N3O3. The molecule has 2 N–H and O–H groups in total. The molecule has 0 fully saturated rings. The number of hydrogen-bond acceptors (Lipinski definition) is 5. The van der Waals surface area contributed by atoms with E-state index in [2.05, 4.69) is 19.1 Å². The molecule has 0 aromatic carbocycles. The maximum atomic E-state index is 10.9. The number of pyridine rings is 2. The van der Waals surface area contributed by atoms with Crippen molar-refractivity contribution in [2.75, 3.05) is 0 Å². The fourth-order valence-corrected chi connectivity index (χ4v) is 1.33. The first-order valence-electron chi connectivity index (χ1n) is 4.20. The highest BCUT2D eigenvalue weighted by Gasteiger charge is 2.10. The Hall–Kier alpha value is -2.37. The van der Waals surface area contributed by atoms with Gasteiger partial charge in [0, 0.05) is 6.07 Å². The Morgan fingerprint density at radius 3 is 2.73 bits per heavy atom. The molecule has 0 radical (unpaired) electrons. The van der Waals surface area contributed by atoms with Crippen LogP contribution in [0.5, 0.6) is 0 Å². The van der Waals surface area contributed by atoms with E-state index < -0.39 is 5.91 Å². The summed E-state index contributed by atoms with van der Waals surface area (Å²) in [6.07, 6.45) is 0. The number of carbonyl (C=O) groups is 1. The molecule has 0 spiro atoms. The van der Waals surface area contributed by atoms with E-state index in [1.807, 2.05) is 0 Å². The van der Waals surface area contributed by atoms with Crippen LogP contribution in [0.3, 0.4) is 0 Å². The monoisotopic (exact) mass is 203 g/mol. The number of nitrogens with two attached hydrogens (primary N) is 1. The van der Waals surface area contributed by atoms with E-state index in [1.54, 1.807) is 12.1 Å². The number of nitrogens with zero attached hydrogens (tertiary/aromatic N) is 2. The quantitative estimate of drug-likeness (QED) is 0.596. The second kappa shape index (κ2) is 2.57. The minimum atomic E-state index is -0.572. The predicted octanol–water partition coefficient (Wildman–Crippen LogP) is 1.07. The summed E-state index contributed by atoms with van der Waals surface area (Å²) in [6.45, 7) is 0. The molecule has 6 nitrogen and oxygen atoms in total. The second-order valence-corrected chi connectivity index (χ2v) is 3.06. The summed E-state index contributed by atoms with van der Waals surface area (Å²) in [4.78, 5) is 19.0. The van der Waals surface area contributed by atoms with Crippen LogP contribution in [0.15, 0.2) is 27.4 Å². The molecule has 0 unspecified atom stereocenters. The lowest BCUT2D eigenvalue weighted by molar-refractivity contribution is 0.0553. The maximum Gasteiger partial charge on any atom is 0.318 e. The Morgan fingerprint density at radius 2 is 2.07 bits per heavy atom. The molecule has 6 heteroatoms. The number of hydrogen-bond donors (Lipinski definition) is 1. The Bertz CT molecular complexity index is 667. The van der Waals surface area contributed by atoms with Crippen LogP contribution in [0.2, 0.25) is 0 Å². The van der Waals surface area contributed by atoms with Gasteiger partial charge in [0.25, 0.3) is 5.91 Å². The molecule has 3 aromatic rings. The summed E-state index contributed by atoms with van der Waals surface area (Å²) >= 11 is 0. The molecule has 0 aliphatic heterocycles. The summed E-state index contributed by atoms with van der Waals surface area (Å²) in [6, 6.07) is 4.82. The molecule has 0 atom stereocenters. The average molecular weight is 203 g/mol. The SMILES string of the molecule is NC(=O)c1ccc2nc3ooc3cc2n1. The highest BCUT2D eigenvalue weighted by atomic mass is 17.0. The van der Waals surface area contributed by atoms with Gasteiger partial charge in [0.15, 0.2) is 0 Å². The van der Waals surface area contributed by atoms with Crippen molar-refractivity contribution in [1.82, 2.24) is 9.97 Å². The first-order valence-corrected chi connectivity index (χ1v) is 4.20. The van der Waals surface area contributed by atoms with Crippen LogP contribution in [0.4, 0.5) is 0 Å². The number of carbonyl (C=O) groups excluding carboxylic acids is 1. The van der Waals surface area contributed by atoms with E-state index in [0.29, 0.717) is 22.3 Å². The zero-order valence-corrected chi connectivity index (χ0v) is 7.43. The maximum absolute atomic E-state index is 10.9. The van der Waals surface area contributed by atoms with Crippen LogP contribution in [0, 0.1) is 0 Å². The predicted molar refractivity (Wildman–Crippen MR) is 50.1 cm³/mol. The molecular weight excluding hydrogens is 198 g/mol. The first-order chi connectivity index (χ1) is 7.24. The first kappa shape index (κ1) is 7.98. The molecule has 0 aliphatic rings. The fourth-order valence-electron chi connectivity index (χ4n) is 1.33. The minimum Gasteiger partial charge on any atom is -0.364 e. The number of rotatable bonds is 1. The highest BCUT2D eigenvalue weighted by molar-refractivity contribution is 5.94. The Kier molecular flexibility index (Phi) is 1.37. The zero-order valence-electron chi connectivity index (χ0n) is 7.43. The van der Waals surface area contributed by atoms with Gasteiger partial charge in [0.1, 0.15) is 5.69 Å². The van der Waals surface area contributed by atoms with Crippen LogP contribution in [0.25, 0.3) is 22.3 Å². The van der Waals surface area contributed by atoms with Crippen molar-refractivity contribution in [2.45, 2.75) is 0 Å². The number of fused-ring (bicyclic) bond motifs is 2. The summed E-state index contributed by atoms with van der Waals surface area (Å²) in [7, 11) is 0. The van der Waals surface area contributed by atoms with Gasteiger partial charge in [-0.05, 0) is 12.1 Å². The standard InChI is InChI=1S/C9H5N3O3/c10-8(13)5-2-1-4-6(11-5)3-7-9(12-4)15-14-7/h1-3H,(H2,10,13).